The number of amides is 1. The number of ether oxygens (including phenoxy) is 1. The molecule has 1 atom stereocenters. The minimum Gasteiger partial charge on any atom is -0.381 e. The molecule has 2 heterocycles. The Kier molecular flexibility index (Phi) is 6.84. The maximum Gasteiger partial charge on any atom is 0.225 e. The molecule has 3 rings (SSSR count). The second-order valence-corrected chi connectivity index (χ2v) is 7.19. The van der Waals surface area contributed by atoms with Crippen LogP contribution in [0.2, 0.25) is 0 Å². The van der Waals surface area contributed by atoms with Gasteiger partial charge in [0.15, 0.2) is 0 Å². The van der Waals surface area contributed by atoms with E-state index < -0.39 is 0 Å². The predicted molar refractivity (Wildman–Crippen MR) is 99.6 cm³/mol. The van der Waals surface area contributed by atoms with Crippen molar-refractivity contribution in [2.45, 2.75) is 25.3 Å². The Morgan fingerprint density at radius 2 is 1.92 bits per heavy atom. The molecule has 5 heteroatoms. The van der Waals surface area contributed by atoms with Crippen LogP contribution in [0.4, 0.5) is 0 Å². The molecule has 138 valence electrons. The second-order valence-electron chi connectivity index (χ2n) is 7.19. The Bertz CT molecular complexity index is 531. The third-order valence-electron chi connectivity index (χ3n) is 5.52. The maximum atomic E-state index is 12.4. The van der Waals surface area contributed by atoms with Crippen LogP contribution in [0.1, 0.15) is 18.4 Å². The summed E-state index contributed by atoms with van der Waals surface area (Å²) in [6, 6.07) is 11.2. The van der Waals surface area contributed by atoms with Crippen LogP contribution in [0.15, 0.2) is 30.3 Å². The van der Waals surface area contributed by atoms with Crippen LogP contribution in [0.3, 0.4) is 0 Å². The SMILES string of the molecule is CNC(=O)[C@H]1CN(CCc2ccccc2)CCN(C2CCOCC2)C1. The van der Waals surface area contributed by atoms with Crippen molar-refractivity contribution >= 4 is 5.91 Å². The van der Waals surface area contributed by atoms with Crippen molar-refractivity contribution in [1.82, 2.24) is 15.1 Å². The zero-order valence-electron chi connectivity index (χ0n) is 15.3. The lowest BCUT2D eigenvalue weighted by Gasteiger charge is -2.34. The summed E-state index contributed by atoms with van der Waals surface area (Å²) in [5.41, 5.74) is 1.37. The third kappa shape index (κ3) is 5.27. The predicted octanol–water partition coefficient (Wildman–Crippen LogP) is 1.39. The van der Waals surface area contributed by atoms with Crippen LogP contribution < -0.4 is 5.32 Å². The van der Waals surface area contributed by atoms with Crippen molar-refractivity contribution in [2.24, 2.45) is 5.92 Å². The molecule has 1 amide bonds. The van der Waals surface area contributed by atoms with Gasteiger partial charge in [-0.05, 0) is 24.8 Å². The van der Waals surface area contributed by atoms with E-state index in [1.165, 1.54) is 5.56 Å². The summed E-state index contributed by atoms with van der Waals surface area (Å²) in [5, 5.41) is 2.86. The number of nitrogens with zero attached hydrogens (tertiary/aromatic N) is 2. The molecule has 0 aromatic heterocycles. The van der Waals surface area contributed by atoms with Crippen LogP contribution in [-0.4, -0.2) is 74.7 Å². The Balaban J connectivity index is 1.61. The van der Waals surface area contributed by atoms with Crippen molar-refractivity contribution in [3.63, 3.8) is 0 Å². The molecule has 2 aliphatic heterocycles. The van der Waals surface area contributed by atoms with Crippen molar-refractivity contribution < 1.29 is 9.53 Å². The Morgan fingerprint density at radius 3 is 2.64 bits per heavy atom. The van der Waals surface area contributed by atoms with Gasteiger partial charge in [-0.2, -0.15) is 0 Å². The van der Waals surface area contributed by atoms with E-state index in [9.17, 15) is 4.79 Å². The van der Waals surface area contributed by atoms with Crippen LogP contribution in [0, 0.1) is 5.92 Å². The van der Waals surface area contributed by atoms with E-state index in [-0.39, 0.29) is 11.8 Å². The van der Waals surface area contributed by atoms with Gasteiger partial charge in [0, 0.05) is 59.0 Å². The molecule has 1 aromatic carbocycles. The molecular formula is C20H31N3O2. The average Bonchev–Trinajstić information content (AvgIpc) is 2.90. The summed E-state index contributed by atoms with van der Waals surface area (Å²) in [4.78, 5) is 17.4. The lowest BCUT2D eigenvalue weighted by atomic mass is 10.0. The molecule has 0 unspecified atom stereocenters. The number of nitrogens with one attached hydrogen (secondary N) is 1. The molecule has 2 saturated heterocycles. The van der Waals surface area contributed by atoms with E-state index in [4.69, 9.17) is 4.74 Å². The Labute approximate surface area is 151 Å². The first kappa shape index (κ1) is 18.4. The summed E-state index contributed by atoms with van der Waals surface area (Å²) in [7, 11) is 1.75. The Hall–Kier alpha value is -1.43. The molecule has 0 spiro atoms. The molecule has 1 aromatic rings. The van der Waals surface area contributed by atoms with E-state index >= 15 is 0 Å². The highest BCUT2D eigenvalue weighted by atomic mass is 16.5. The monoisotopic (exact) mass is 345 g/mol. The van der Waals surface area contributed by atoms with E-state index in [1.54, 1.807) is 7.05 Å². The van der Waals surface area contributed by atoms with E-state index in [0.717, 1.165) is 65.2 Å². The standard InChI is InChI=1S/C20H31N3O2/c1-21-20(24)18-15-22(10-7-17-5-3-2-4-6-17)11-12-23(16-18)19-8-13-25-14-9-19/h2-6,18-19H,7-16H2,1H3,(H,21,24)/t18-/m0/s1. The smallest absolute Gasteiger partial charge is 0.225 e. The summed E-state index contributed by atoms with van der Waals surface area (Å²) in [6.07, 6.45) is 3.22. The summed E-state index contributed by atoms with van der Waals surface area (Å²) < 4.78 is 5.51. The zero-order chi connectivity index (χ0) is 17.5. The Morgan fingerprint density at radius 1 is 1.16 bits per heavy atom. The van der Waals surface area contributed by atoms with Crippen molar-refractivity contribution in [3.8, 4) is 0 Å². The lowest BCUT2D eigenvalue weighted by molar-refractivity contribution is -0.125. The number of carbonyl (C=O) groups excluding carboxylic acids is 1. The van der Waals surface area contributed by atoms with Gasteiger partial charge in [0.25, 0.3) is 0 Å². The largest absolute Gasteiger partial charge is 0.381 e. The number of carbonyl (C=O) groups is 1. The molecule has 0 bridgehead atoms. The minimum atomic E-state index is 0.0473. The topological polar surface area (TPSA) is 44.8 Å². The summed E-state index contributed by atoms with van der Waals surface area (Å²) in [6.45, 7) is 6.52. The number of hydrogen-bond donors (Lipinski definition) is 1. The van der Waals surface area contributed by atoms with Crippen molar-refractivity contribution in [1.29, 1.82) is 0 Å². The van der Waals surface area contributed by atoms with Gasteiger partial charge in [-0.3, -0.25) is 9.69 Å². The van der Waals surface area contributed by atoms with Gasteiger partial charge in [-0.25, -0.2) is 0 Å². The second kappa shape index (κ2) is 9.32. The molecule has 1 N–H and O–H groups in total. The first-order valence-corrected chi connectivity index (χ1v) is 9.56. The molecule has 2 fully saturated rings. The van der Waals surface area contributed by atoms with Crippen LogP contribution in [0.25, 0.3) is 0 Å². The minimum absolute atomic E-state index is 0.0473. The lowest BCUT2D eigenvalue weighted by Crippen LogP contribution is -2.45. The molecule has 2 aliphatic rings. The van der Waals surface area contributed by atoms with Gasteiger partial charge in [-0.15, -0.1) is 0 Å². The fourth-order valence-electron chi connectivity index (χ4n) is 3.99. The quantitative estimate of drug-likeness (QED) is 0.876. The normalized spacial score (nSPS) is 24.0. The molecule has 0 saturated carbocycles. The molecule has 0 radical (unpaired) electrons. The van der Waals surface area contributed by atoms with E-state index in [1.807, 2.05) is 0 Å². The highest BCUT2D eigenvalue weighted by Gasteiger charge is 2.31. The van der Waals surface area contributed by atoms with Crippen molar-refractivity contribution in [2.75, 3.05) is 53.0 Å². The van der Waals surface area contributed by atoms with Gasteiger partial charge in [0.05, 0.1) is 5.92 Å². The number of rotatable bonds is 5. The summed E-state index contributed by atoms with van der Waals surface area (Å²) >= 11 is 0. The summed E-state index contributed by atoms with van der Waals surface area (Å²) in [5.74, 6) is 0.217. The van der Waals surface area contributed by atoms with Gasteiger partial charge < -0.3 is 15.0 Å². The first-order chi connectivity index (χ1) is 12.3. The highest BCUT2D eigenvalue weighted by molar-refractivity contribution is 5.78. The average molecular weight is 345 g/mol. The van der Waals surface area contributed by atoms with Crippen LogP contribution in [0.5, 0.6) is 0 Å². The maximum absolute atomic E-state index is 12.4. The zero-order valence-corrected chi connectivity index (χ0v) is 15.3. The van der Waals surface area contributed by atoms with E-state index in [2.05, 4.69) is 45.4 Å². The number of hydrogen-bond acceptors (Lipinski definition) is 4. The third-order valence-corrected chi connectivity index (χ3v) is 5.52. The van der Waals surface area contributed by atoms with E-state index in [0.29, 0.717) is 6.04 Å². The fourth-order valence-corrected chi connectivity index (χ4v) is 3.99. The van der Waals surface area contributed by atoms with Gasteiger partial charge in [0.1, 0.15) is 0 Å². The highest BCUT2D eigenvalue weighted by Crippen LogP contribution is 2.19. The van der Waals surface area contributed by atoms with Gasteiger partial charge in [0.2, 0.25) is 5.91 Å². The molecule has 0 aliphatic carbocycles. The van der Waals surface area contributed by atoms with Crippen LogP contribution >= 0.6 is 0 Å². The molecular weight excluding hydrogens is 314 g/mol. The number of benzene rings is 1. The van der Waals surface area contributed by atoms with Crippen LogP contribution in [-0.2, 0) is 16.0 Å². The van der Waals surface area contributed by atoms with Gasteiger partial charge in [-0.1, -0.05) is 30.3 Å². The molecule has 25 heavy (non-hydrogen) atoms. The van der Waals surface area contributed by atoms with Crippen molar-refractivity contribution in [3.05, 3.63) is 35.9 Å². The molecule has 5 nitrogen and oxygen atoms in total. The first-order valence-electron chi connectivity index (χ1n) is 9.56. The fraction of sp³-hybridized carbons (Fsp3) is 0.650. The van der Waals surface area contributed by atoms with Gasteiger partial charge >= 0.3 is 0 Å².